The zero-order chi connectivity index (χ0) is 15.7. The highest BCUT2D eigenvalue weighted by molar-refractivity contribution is 7.80. The molecular weight excluding hydrogens is 282 g/mol. The van der Waals surface area contributed by atoms with Crippen LogP contribution in [0, 0.1) is 5.41 Å². The second-order valence-corrected chi connectivity index (χ2v) is 7.70. The van der Waals surface area contributed by atoms with E-state index in [4.69, 9.17) is 16.7 Å². The van der Waals surface area contributed by atoms with E-state index in [0.29, 0.717) is 5.11 Å². The van der Waals surface area contributed by atoms with E-state index < -0.39 is 0 Å². The van der Waals surface area contributed by atoms with Crippen LogP contribution in [0.25, 0.3) is 10.9 Å². The number of thiocarbonyl (C=S) groups is 1. The molecule has 0 radical (unpaired) electrons. The minimum atomic E-state index is -0.0691. The average Bonchev–Trinajstić information content (AvgIpc) is 2.71. The van der Waals surface area contributed by atoms with E-state index in [0.717, 1.165) is 23.0 Å². The first-order valence-electron chi connectivity index (χ1n) is 7.08. The van der Waals surface area contributed by atoms with E-state index in [9.17, 15) is 0 Å². The molecular formula is C16H23N3OS. The number of hydrogen-bond donors (Lipinski definition) is 2. The monoisotopic (exact) mass is 305 g/mol. The Hall–Kier alpha value is -1.62. The van der Waals surface area contributed by atoms with Crippen molar-refractivity contribution in [2.45, 2.75) is 46.6 Å². The Kier molecular flexibility index (Phi) is 4.23. The molecule has 114 valence electrons. The molecule has 1 heterocycles. The predicted octanol–water partition coefficient (Wildman–Crippen LogP) is 4.33. The normalized spacial score (nSPS) is 12.4. The molecule has 1 aromatic carbocycles. The van der Waals surface area contributed by atoms with Gasteiger partial charge in [-0.05, 0) is 56.1 Å². The fourth-order valence-corrected chi connectivity index (χ4v) is 3.17. The molecule has 4 nitrogen and oxygen atoms in total. The second-order valence-electron chi connectivity index (χ2n) is 7.29. The van der Waals surface area contributed by atoms with E-state index in [1.54, 1.807) is 6.26 Å². The summed E-state index contributed by atoms with van der Waals surface area (Å²) in [6.45, 7) is 11.0. The lowest BCUT2D eigenvalue weighted by atomic mass is 9.82. The number of fused-ring (bicyclic) bond motifs is 1. The summed E-state index contributed by atoms with van der Waals surface area (Å²) in [5.41, 5.74) is 1.89. The molecule has 0 amide bonds. The van der Waals surface area contributed by atoms with Crippen molar-refractivity contribution in [2.24, 2.45) is 5.41 Å². The molecule has 2 aromatic rings. The number of benzene rings is 1. The van der Waals surface area contributed by atoms with Crippen LogP contribution in [0.3, 0.4) is 0 Å². The molecule has 0 aliphatic rings. The summed E-state index contributed by atoms with van der Waals surface area (Å²) < 4.78 is 4.93. The largest absolute Gasteiger partial charge is 0.364 e. The molecule has 2 N–H and O–H groups in total. The zero-order valence-corrected chi connectivity index (χ0v) is 14.1. The van der Waals surface area contributed by atoms with Crippen molar-refractivity contribution in [3.05, 3.63) is 24.5 Å². The van der Waals surface area contributed by atoms with Crippen molar-refractivity contribution in [1.29, 1.82) is 0 Å². The highest BCUT2D eigenvalue weighted by atomic mass is 32.1. The van der Waals surface area contributed by atoms with Crippen LogP contribution in [0.5, 0.6) is 0 Å². The molecule has 5 heteroatoms. The van der Waals surface area contributed by atoms with Gasteiger partial charge in [-0.1, -0.05) is 25.9 Å². The summed E-state index contributed by atoms with van der Waals surface area (Å²) in [6, 6.07) is 5.84. The number of aromatic nitrogens is 1. The fraction of sp³-hybridized carbons (Fsp3) is 0.500. The van der Waals surface area contributed by atoms with Crippen LogP contribution in [0.4, 0.5) is 5.69 Å². The third-order valence-corrected chi connectivity index (χ3v) is 3.25. The minimum Gasteiger partial charge on any atom is -0.364 e. The highest BCUT2D eigenvalue weighted by Gasteiger charge is 2.25. The first kappa shape index (κ1) is 15.8. The summed E-state index contributed by atoms with van der Waals surface area (Å²) in [5, 5.41) is 12.1. The Balaban J connectivity index is 2.00. The van der Waals surface area contributed by atoms with Crippen molar-refractivity contribution in [3.8, 4) is 0 Å². The molecule has 0 aliphatic heterocycles. The second kappa shape index (κ2) is 5.64. The molecule has 1 aromatic heterocycles. The fourth-order valence-electron chi connectivity index (χ4n) is 2.78. The standard InChI is InChI=1S/C16H23N3OS/c1-15(2,3)10-16(4,5)18-14(21)17-12-7-6-11-9-20-19-13(11)8-12/h6-9H,10H2,1-5H3,(H2,17,18,21). The van der Waals surface area contributed by atoms with Gasteiger partial charge in [-0.15, -0.1) is 0 Å². The Morgan fingerprint density at radius 1 is 1.24 bits per heavy atom. The number of rotatable bonds is 3. The molecule has 0 aliphatic carbocycles. The Morgan fingerprint density at radius 3 is 2.62 bits per heavy atom. The van der Waals surface area contributed by atoms with Gasteiger partial charge in [0.25, 0.3) is 0 Å². The maximum absolute atomic E-state index is 5.41. The molecule has 0 unspecified atom stereocenters. The highest BCUT2D eigenvalue weighted by Crippen LogP contribution is 2.27. The third-order valence-electron chi connectivity index (χ3n) is 3.04. The SMILES string of the molecule is CC(C)(C)CC(C)(C)NC(=S)Nc1ccc2conc2c1. The smallest absolute Gasteiger partial charge is 0.171 e. The van der Waals surface area contributed by atoms with E-state index >= 15 is 0 Å². The van der Waals surface area contributed by atoms with Crippen LogP contribution in [0.15, 0.2) is 29.0 Å². The summed E-state index contributed by atoms with van der Waals surface area (Å²) >= 11 is 5.41. The van der Waals surface area contributed by atoms with Gasteiger partial charge in [0.2, 0.25) is 0 Å². The van der Waals surface area contributed by atoms with Crippen molar-refractivity contribution < 1.29 is 4.52 Å². The molecule has 0 fully saturated rings. The number of nitrogens with zero attached hydrogens (tertiary/aromatic N) is 1. The summed E-state index contributed by atoms with van der Waals surface area (Å²) in [7, 11) is 0. The van der Waals surface area contributed by atoms with Gasteiger partial charge in [0.1, 0.15) is 11.8 Å². The Morgan fingerprint density at radius 2 is 1.95 bits per heavy atom. The van der Waals surface area contributed by atoms with E-state index in [1.807, 2.05) is 18.2 Å². The molecule has 0 saturated heterocycles. The first-order valence-corrected chi connectivity index (χ1v) is 7.49. The van der Waals surface area contributed by atoms with Crippen molar-refractivity contribution >= 4 is 33.9 Å². The van der Waals surface area contributed by atoms with Gasteiger partial charge in [0.15, 0.2) is 5.11 Å². The van der Waals surface area contributed by atoms with Gasteiger partial charge in [-0.25, -0.2) is 0 Å². The average molecular weight is 305 g/mol. The molecule has 0 bridgehead atoms. The van der Waals surface area contributed by atoms with Crippen LogP contribution in [0.1, 0.15) is 41.0 Å². The molecule has 0 saturated carbocycles. The van der Waals surface area contributed by atoms with Gasteiger partial charge in [-0.2, -0.15) is 0 Å². The number of nitrogens with one attached hydrogen (secondary N) is 2. The predicted molar refractivity (Wildman–Crippen MR) is 91.5 cm³/mol. The molecule has 0 atom stereocenters. The third kappa shape index (κ3) is 4.70. The maximum Gasteiger partial charge on any atom is 0.171 e. The van der Waals surface area contributed by atoms with Crippen molar-refractivity contribution in [1.82, 2.24) is 10.5 Å². The van der Waals surface area contributed by atoms with E-state index in [2.05, 4.69) is 50.4 Å². The summed E-state index contributed by atoms with van der Waals surface area (Å²) in [5.74, 6) is 0. The topological polar surface area (TPSA) is 50.1 Å². The number of anilines is 1. The Labute approximate surface area is 131 Å². The van der Waals surface area contributed by atoms with Crippen LogP contribution in [-0.2, 0) is 0 Å². The summed E-state index contributed by atoms with van der Waals surface area (Å²) in [6.07, 6.45) is 2.65. The van der Waals surface area contributed by atoms with Gasteiger partial charge < -0.3 is 15.2 Å². The van der Waals surface area contributed by atoms with Crippen LogP contribution in [-0.4, -0.2) is 15.8 Å². The van der Waals surface area contributed by atoms with Gasteiger partial charge in [0.05, 0.1) is 0 Å². The van der Waals surface area contributed by atoms with Crippen LogP contribution >= 0.6 is 12.2 Å². The minimum absolute atomic E-state index is 0.0691. The lowest BCUT2D eigenvalue weighted by Crippen LogP contribution is -2.47. The lowest BCUT2D eigenvalue weighted by Gasteiger charge is -2.34. The maximum atomic E-state index is 5.41. The summed E-state index contributed by atoms with van der Waals surface area (Å²) in [4.78, 5) is 0. The van der Waals surface area contributed by atoms with Gasteiger partial charge in [-0.3, -0.25) is 0 Å². The quantitative estimate of drug-likeness (QED) is 0.827. The van der Waals surface area contributed by atoms with Gasteiger partial charge >= 0.3 is 0 Å². The van der Waals surface area contributed by atoms with Crippen molar-refractivity contribution in [3.63, 3.8) is 0 Å². The molecule has 21 heavy (non-hydrogen) atoms. The van der Waals surface area contributed by atoms with Crippen molar-refractivity contribution in [2.75, 3.05) is 5.32 Å². The molecule has 0 spiro atoms. The van der Waals surface area contributed by atoms with Crippen LogP contribution in [0.2, 0.25) is 0 Å². The van der Waals surface area contributed by atoms with Gasteiger partial charge in [0, 0.05) is 16.6 Å². The Bertz CT molecular complexity index is 640. The van der Waals surface area contributed by atoms with E-state index in [-0.39, 0.29) is 11.0 Å². The first-order chi connectivity index (χ1) is 9.65. The lowest BCUT2D eigenvalue weighted by molar-refractivity contribution is 0.268. The zero-order valence-electron chi connectivity index (χ0n) is 13.3. The van der Waals surface area contributed by atoms with Crippen LogP contribution < -0.4 is 10.6 Å². The number of hydrogen-bond acceptors (Lipinski definition) is 3. The van der Waals surface area contributed by atoms with E-state index in [1.165, 1.54) is 0 Å². The molecule has 2 rings (SSSR count).